The number of aliphatic hydroxyl groups is 1. The van der Waals surface area contributed by atoms with Gasteiger partial charge in [0.1, 0.15) is 12.1 Å². The molecule has 0 fully saturated rings. The second-order valence-corrected chi connectivity index (χ2v) is 7.90. The minimum atomic E-state index is -1.59. The van der Waals surface area contributed by atoms with Gasteiger partial charge in [-0.2, -0.15) is 12.6 Å². The number of H-pyrrole nitrogens is 2. The average molecular weight is 497 g/mol. The summed E-state index contributed by atoms with van der Waals surface area (Å²) in [5.74, 6) is -3.59. The van der Waals surface area contributed by atoms with Crippen LogP contribution in [0.2, 0.25) is 0 Å². The fourth-order valence-corrected chi connectivity index (χ4v) is 3.09. The second kappa shape index (κ2) is 12.7. The molecule has 0 saturated heterocycles. The lowest BCUT2D eigenvalue weighted by Gasteiger charge is -2.25. The van der Waals surface area contributed by atoms with E-state index in [1.807, 2.05) is 0 Å². The van der Waals surface area contributed by atoms with Gasteiger partial charge in [0.25, 0.3) is 0 Å². The van der Waals surface area contributed by atoms with Gasteiger partial charge in [-0.05, 0) is 6.92 Å². The number of nitrogens with zero attached hydrogens (tertiary/aromatic N) is 2. The summed E-state index contributed by atoms with van der Waals surface area (Å²) >= 11 is 3.98. The molecule has 2 rings (SSSR count). The molecule has 0 aliphatic rings. The summed E-state index contributed by atoms with van der Waals surface area (Å²) in [6.07, 6.45) is 4.25. The molecule has 5 unspecified atom stereocenters. The summed E-state index contributed by atoms with van der Waals surface area (Å²) in [5, 5.41) is 26.2. The zero-order chi connectivity index (χ0) is 25.3. The van der Waals surface area contributed by atoms with E-state index in [1.54, 1.807) is 0 Å². The number of aliphatic carboxylic acids is 1. The highest BCUT2D eigenvalue weighted by Gasteiger charge is 2.32. The molecule has 0 radical (unpaired) electrons. The van der Waals surface area contributed by atoms with Crippen molar-refractivity contribution in [2.75, 3.05) is 5.75 Å². The van der Waals surface area contributed by atoms with Crippen molar-refractivity contribution < 1.29 is 29.4 Å². The minimum Gasteiger partial charge on any atom is -0.480 e. The Hall–Kier alpha value is -3.43. The molecule has 0 saturated carbocycles. The number of amides is 3. The largest absolute Gasteiger partial charge is 0.480 e. The Bertz CT molecular complexity index is 952. The van der Waals surface area contributed by atoms with E-state index in [1.165, 1.54) is 32.0 Å². The molecule has 5 atom stereocenters. The van der Waals surface area contributed by atoms with Crippen molar-refractivity contribution in [3.63, 3.8) is 0 Å². The van der Waals surface area contributed by atoms with Crippen molar-refractivity contribution in [3.05, 3.63) is 36.4 Å². The van der Waals surface area contributed by atoms with Crippen LogP contribution in [-0.2, 0) is 32.0 Å². The molecule has 34 heavy (non-hydrogen) atoms. The first kappa shape index (κ1) is 26.8. The van der Waals surface area contributed by atoms with Crippen LogP contribution in [0.15, 0.2) is 25.0 Å². The molecule has 186 valence electrons. The van der Waals surface area contributed by atoms with Gasteiger partial charge in [-0.1, -0.05) is 0 Å². The second-order valence-electron chi connectivity index (χ2n) is 7.54. The van der Waals surface area contributed by atoms with Crippen LogP contribution in [0.1, 0.15) is 18.3 Å². The maximum absolute atomic E-state index is 13.1. The van der Waals surface area contributed by atoms with Gasteiger partial charge in [-0.3, -0.25) is 14.4 Å². The highest BCUT2D eigenvalue weighted by atomic mass is 32.1. The third kappa shape index (κ3) is 7.86. The first-order valence-electron chi connectivity index (χ1n) is 10.2. The Balaban J connectivity index is 2.23. The van der Waals surface area contributed by atoms with Gasteiger partial charge in [0.15, 0.2) is 6.04 Å². The Morgan fingerprint density at radius 2 is 1.44 bits per heavy atom. The standard InChI is InChI=1S/C19H28N8O6S/c1-9(28)15(19(32)33)27-18(31)14(3-11-5-22-8-24-11)26-17(30)13(2-10-4-21-7-23-10)25-16(29)12(20)6-34/h4-5,7-9,12-15,28,34H,2-3,6,20H2,1H3,(H,21,23)(H,22,24)(H,25,29)(H,26,30)(H,27,31)(H,32,33). The van der Waals surface area contributed by atoms with Crippen LogP contribution in [0, 0.1) is 0 Å². The van der Waals surface area contributed by atoms with E-state index in [2.05, 4.69) is 48.5 Å². The third-order valence-electron chi connectivity index (χ3n) is 4.80. The number of imidazole rings is 2. The Morgan fingerprint density at radius 3 is 1.82 bits per heavy atom. The van der Waals surface area contributed by atoms with E-state index in [-0.39, 0.29) is 18.6 Å². The molecule has 14 nitrogen and oxygen atoms in total. The number of hydrogen-bond acceptors (Lipinski definition) is 9. The zero-order valence-electron chi connectivity index (χ0n) is 18.3. The lowest BCUT2D eigenvalue weighted by molar-refractivity contribution is -0.145. The number of aliphatic hydroxyl groups excluding tert-OH is 1. The van der Waals surface area contributed by atoms with Crippen molar-refractivity contribution >= 4 is 36.3 Å². The molecular weight excluding hydrogens is 468 g/mol. The van der Waals surface area contributed by atoms with Gasteiger partial charge in [0.2, 0.25) is 17.7 Å². The monoisotopic (exact) mass is 496 g/mol. The van der Waals surface area contributed by atoms with Gasteiger partial charge >= 0.3 is 5.97 Å². The number of nitrogens with two attached hydrogens (primary N) is 1. The van der Waals surface area contributed by atoms with E-state index in [9.17, 15) is 29.4 Å². The molecule has 0 spiro atoms. The SMILES string of the molecule is CC(O)C(NC(=O)C(Cc1cnc[nH]1)NC(=O)C(Cc1cnc[nH]1)NC(=O)C(N)CS)C(=O)O. The molecule has 2 aromatic heterocycles. The van der Waals surface area contributed by atoms with Crippen LogP contribution in [0.3, 0.4) is 0 Å². The average Bonchev–Trinajstić information content (AvgIpc) is 3.49. The molecule has 0 aliphatic heterocycles. The summed E-state index contributed by atoms with van der Waals surface area (Å²) in [7, 11) is 0. The Kier molecular flexibility index (Phi) is 10.0. The first-order chi connectivity index (χ1) is 16.1. The van der Waals surface area contributed by atoms with Crippen LogP contribution in [0.5, 0.6) is 0 Å². The number of carboxylic acid groups (broad SMARTS) is 1. The van der Waals surface area contributed by atoms with Crippen LogP contribution in [0.4, 0.5) is 0 Å². The highest BCUT2D eigenvalue weighted by molar-refractivity contribution is 7.80. The van der Waals surface area contributed by atoms with Crippen LogP contribution < -0.4 is 21.7 Å². The molecule has 9 N–H and O–H groups in total. The maximum Gasteiger partial charge on any atom is 0.328 e. The number of carbonyl (C=O) groups is 4. The number of carbonyl (C=O) groups excluding carboxylic acids is 3. The molecule has 2 aromatic rings. The zero-order valence-corrected chi connectivity index (χ0v) is 19.2. The van der Waals surface area contributed by atoms with Crippen molar-refractivity contribution in [2.45, 2.75) is 50.0 Å². The number of thiol groups is 1. The number of aromatic amines is 2. The van der Waals surface area contributed by atoms with Crippen molar-refractivity contribution in [3.8, 4) is 0 Å². The van der Waals surface area contributed by atoms with Crippen molar-refractivity contribution in [1.82, 2.24) is 35.9 Å². The number of hydrogen-bond donors (Lipinski definition) is 9. The quantitative estimate of drug-likeness (QED) is 0.129. The molecule has 0 aliphatic carbocycles. The van der Waals surface area contributed by atoms with Crippen LogP contribution in [-0.4, -0.2) is 89.9 Å². The third-order valence-corrected chi connectivity index (χ3v) is 5.20. The number of rotatable bonds is 13. The molecule has 15 heteroatoms. The van der Waals surface area contributed by atoms with Crippen LogP contribution >= 0.6 is 12.6 Å². The van der Waals surface area contributed by atoms with Gasteiger partial charge < -0.3 is 41.9 Å². The number of nitrogens with one attached hydrogen (secondary N) is 5. The van der Waals surface area contributed by atoms with Crippen LogP contribution in [0.25, 0.3) is 0 Å². The predicted molar refractivity (Wildman–Crippen MR) is 122 cm³/mol. The van der Waals surface area contributed by atoms with E-state index in [0.29, 0.717) is 11.4 Å². The molecule has 3 amide bonds. The van der Waals surface area contributed by atoms with Crippen molar-refractivity contribution in [1.29, 1.82) is 0 Å². The fourth-order valence-electron chi connectivity index (χ4n) is 2.93. The first-order valence-corrected chi connectivity index (χ1v) is 10.9. The molecule has 0 bridgehead atoms. The maximum atomic E-state index is 13.1. The van der Waals surface area contributed by atoms with Gasteiger partial charge in [-0.15, -0.1) is 0 Å². The minimum absolute atomic E-state index is 0.0146. The normalized spacial score (nSPS) is 15.4. The smallest absolute Gasteiger partial charge is 0.328 e. The fraction of sp³-hybridized carbons (Fsp3) is 0.474. The van der Waals surface area contributed by atoms with E-state index in [4.69, 9.17) is 5.73 Å². The number of carboxylic acids is 1. The predicted octanol–water partition coefficient (Wildman–Crippen LogP) is -2.91. The Morgan fingerprint density at radius 1 is 0.971 bits per heavy atom. The summed E-state index contributed by atoms with van der Waals surface area (Å²) in [4.78, 5) is 63.1. The lowest BCUT2D eigenvalue weighted by atomic mass is 10.1. The van der Waals surface area contributed by atoms with Crippen molar-refractivity contribution in [2.24, 2.45) is 5.73 Å². The Labute approximate surface area is 199 Å². The van der Waals surface area contributed by atoms with E-state index in [0.717, 1.165) is 0 Å². The molecular formula is C19H28N8O6S. The van der Waals surface area contributed by atoms with E-state index >= 15 is 0 Å². The molecule has 2 heterocycles. The summed E-state index contributed by atoms with van der Waals surface area (Å²) in [6, 6.07) is -4.95. The topological polar surface area (TPSA) is 228 Å². The van der Waals surface area contributed by atoms with Gasteiger partial charge in [0, 0.05) is 42.4 Å². The summed E-state index contributed by atoms with van der Waals surface area (Å²) in [5.41, 5.74) is 6.71. The lowest BCUT2D eigenvalue weighted by Crippen LogP contribution is -2.59. The summed E-state index contributed by atoms with van der Waals surface area (Å²) < 4.78 is 0. The van der Waals surface area contributed by atoms with Gasteiger partial charge in [-0.25, -0.2) is 14.8 Å². The number of aromatic nitrogens is 4. The summed E-state index contributed by atoms with van der Waals surface area (Å²) in [6.45, 7) is 1.21. The highest BCUT2D eigenvalue weighted by Crippen LogP contribution is 2.05. The van der Waals surface area contributed by atoms with E-state index < -0.39 is 54.0 Å². The molecule has 0 aromatic carbocycles. The van der Waals surface area contributed by atoms with Gasteiger partial charge in [0.05, 0.1) is 24.8 Å².